The Morgan fingerprint density at radius 2 is 2.28 bits per heavy atom. The number of nitrogens with zero attached hydrogens (tertiary/aromatic N) is 2. The van der Waals surface area contributed by atoms with E-state index in [9.17, 15) is 4.79 Å². The lowest BCUT2D eigenvalue weighted by molar-refractivity contribution is 0.0698. The quantitative estimate of drug-likeness (QED) is 0.776. The van der Waals surface area contributed by atoms with Crippen LogP contribution in [0.2, 0.25) is 0 Å². The van der Waals surface area contributed by atoms with Crippen LogP contribution in [0.4, 0.5) is 11.4 Å². The molecule has 0 bridgehead atoms. The summed E-state index contributed by atoms with van der Waals surface area (Å²) in [5.74, 6) is -1.13. The fourth-order valence-corrected chi connectivity index (χ4v) is 1.73. The molecule has 0 aliphatic carbocycles. The average molecular weight is 247 g/mol. The van der Waals surface area contributed by atoms with Crippen LogP contribution in [-0.4, -0.2) is 24.2 Å². The molecule has 0 fully saturated rings. The fraction of sp³-hybridized carbons (Fsp3) is 0.385. The molecule has 18 heavy (non-hydrogen) atoms. The third-order valence-corrected chi connectivity index (χ3v) is 2.73. The predicted octanol–water partition coefficient (Wildman–Crippen LogP) is 1.95. The Morgan fingerprint density at radius 1 is 1.61 bits per heavy atom. The van der Waals surface area contributed by atoms with Crippen LogP contribution in [0.1, 0.15) is 24.2 Å². The maximum atomic E-state index is 10.9. The number of rotatable bonds is 5. The van der Waals surface area contributed by atoms with Gasteiger partial charge in [-0.1, -0.05) is 0 Å². The van der Waals surface area contributed by atoms with Crippen LogP contribution in [0.5, 0.6) is 0 Å². The van der Waals surface area contributed by atoms with E-state index in [0.717, 1.165) is 12.2 Å². The van der Waals surface area contributed by atoms with Crippen molar-refractivity contribution in [3.05, 3.63) is 23.8 Å². The Labute approximate surface area is 106 Å². The number of hydrogen-bond donors (Lipinski definition) is 2. The molecule has 3 N–H and O–H groups in total. The fourth-order valence-electron chi connectivity index (χ4n) is 1.73. The minimum Gasteiger partial charge on any atom is -0.478 e. The summed E-state index contributed by atoms with van der Waals surface area (Å²) >= 11 is 0. The van der Waals surface area contributed by atoms with Gasteiger partial charge in [0, 0.05) is 24.5 Å². The highest BCUT2D eigenvalue weighted by Gasteiger charge is 2.13. The third kappa shape index (κ3) is 3.14. The van der Waals surface area contributed by atoms with Crippen molar-refractivity contribution >= 4 is 17.3 Å². The van der Waals surface area contributed by atoms with Gasteiger partial charge in [-0.2, -0.15) is 5.26 Å². The van der Waals surface area contributed by atoms with Crippen LogP contribution in [0.15, 0.2) is 18.2 Å². The van der Waals surface area contributed by atoms with Gasteiger partial charge >= 0.3 is 5.97 Å². The van der Waals surface area contributed by atoms with Gasteiger partial charge in [-0.05, 0) is 32.0 Å². The molecule has 0 saturated carbocycles. The van der Waals surface area contributed by atoms with Crippen LogP contribution in [0.25, 0.3) is 0 Å². The second-order valence-electron chi connectivity index (χ2n) is 4.15. The molecule has 0 saturated heterocycles. The standard InChI is InChI=1S/C13H17N3O2/c1-3-16(8-9(2)7-14)10-4-5-11(13(17)18)12(15)6-10/h4-6,9H,3,8,15H2,1-2H3,(H,17,18). The van der Waals surface area contributed by atoms with Crippen LogP contribution in [0, 0.1) is 17.2 Å². The number of benzene rings is 1. The van der Waals surface area contributed by atoms with E-state index in [2.05, 4.69) is 6.07 Å². The van der Waals surface area contributed by atoms with Crippen molar-refractivity contribution in [3.63, 3.8) is 0 Å². The maximum absolute atomic E-state index is 10.9. The zero-order valence-electron chi connectivity index (χ0n) is 10.6. The van der Waals surface area contributed by atoms with E-state index in [4.69, 9.17) is 16.1 Å². The molecule has 1 unspecified atom stereocenters. The lowest BCUT2D eigenvalue weighted by atomic mass is 10.1. The first-order chi connectivity index (χ1) is 8.49. The lowest BCUT2D eigenvalue weighted by Crippen LogP contribution is -2.27. The Kier molecular flexibility index (Phi) is 4.55. The van der Waals surface area contributed by atoms with Gasteiger partial charge in [-0.3, -0.25) is 0 Å². The molecule has 0 aliphatic heterocycles. The van der Waals surface area contributed by atoms with Crippen molar-refractivity contribution in [1.82, 2.24) is 0 Å². The number of nitrogens with two attached hydrogens (primary N) is 1. The lowest BCUT2D eigenvalue weighted by Gasteiger charge is -2.24. The summed E-state index contributed by atoms with van der Waals surface area (Å²) in [5, 5.41) is 17.7. The second kappa shape index (κ2) is 5.92. The molecule has 0 spiro atoms. The molecule has 0 amide bonds. The molecule has 1 aromatic rings. The number of nitriles is 1. The Balaban J connectivity index is 2.98. The van der Waals surface area contributed by atoms with E-state index < -0.39 is 5.97 Å². The van der Waals surface area contributed by atoms with Crippen LogP contribution in [-0.2, 0) is 0 Å². The molecule has 5 heteroatoms. The largest absolute Gasteiger partial charge is 0.478 e. The van der Waals surface area contributed by atoms with E-state index in [1.165, 1.54) is 6.07 Å². The van der Waals surface area contributed by atoms with Gasteiger partial charge in [-0.15, -0.1) is 0 Å². The van der Waals surface area contributed by atoms with E-state index in [-0.39, 0.29) is 17.2 Å². The van der Waals surface area contributed by atoms with Crippen molar-refractivity contribution in [3.8, 4) is 6.07 Å². The molecule has 0 heterocycles. The first-order valence-electron chi connectivity index (χ1n) is 5.77. The topological polar surface area (TPSA) is 90.3 Å². The van der Waals surface area contributed by atoms with Gasteiger partial charge in [0.15, 0.2) is 0 Å². The minimum absolute atomic E-state index is 0.0923. The zero-order chi connectivity index (χ0) is 13.7. The van der Waals surface area contributed by atoms with Gasteiger partial charge in [0.25, 0.3) is 0 Å². The highest BCUT2D eigenvalue weighted by atomic mass is 16.4. The van der Waals surface area contributed by atoms with Crippen molar-refractivity contribution in [2.75, 3.05) is 23.7 Å². The van der Waals surface area contributed by atoms with Gasteiger partial charge in [0.05, 0.1) is 17.6 Å². The van der Waals surface area contributed by atoms with Crippen molar-refractivity contribution in [1.29, 1.82) is 5.26 Å². The van der Waals surface area contributed by atoms with Gasteiger partial charge in [0.2, 0.25) is 0 Å². The average Bonchev–Trinajstić information content (AvgIpc) is 2.34. The molecule has 0 aromatic heterocycles. The smallest absolute Gasteiger partial charge is 0.337 e. The molecule has 1 rings (SSSR count). The van der Waals surface area contributed by atoms with Crippen molar-refractivity contribution in [2.45, 2.75) is 13.8 Å². The summed E-state index contributed by atoms with van der Waals surface area (Å²) in [6.07, 6.45) is 0. The molecule has 5 nitrogen and oxygen atoms in total. The number of hydrogen-bond acceptors (Lipinski definition) is 4. The molecule has 1 aromatic carbocycles. The molecule has 0 aliphatic rings. The van der Waals surface area contributed by atoms with Crippen LogP contribution >= 0.6 is 0 Å². The summed E-state index contributed by atoms with van der Waals surface area (Å²) in [7, 11) is 0. The van der Waals surface area contributed by atoms with Gasteiger partial charge in [-0.25, -0.2) is 4.79 Å². The highest BCUT2D eigenvalue weighted by molar-refractivity contribution is 5.94. The molecular weight excluding hydrogens is 230 g/mol. The summed E-state index contributed by atoms with van der Waals surface area (Å²) in [6, 6.07) is 7.02. The monoisotopic (exact) mass is 247 g/mol. The third-order valence-electron chi connectivity index (χ3n) is 2.73. The summed E-state index contributed by atoms with van der Waals surface area (Å²) in [4.78, 5) is 12.9. The number of carboxylic acids is 1. The van der Waals surface area contributed by atoms with E-state index in [0.29, 0.717) is 6.54 Å². The number of aromatic carboxylic acids is 1. The number of anilines is 2. The first kappa shape index (κ1) is 13.8. The summed E-state index contributed by atoms with van der Waals surface area (Å²) in [5.41, 5.74) is 6.88. The second-order valence-corrected chi connectivity index (χ2v) is 4.15. The number of carboxylic acid groups (broad SMARTS) is 1. The van der Waals surface area contributed by atoms with E-state index in [1.807, 2.05) is 18.7 Å². The predicted molar refractivity (Wildman–Crippen MR) is 70.5 cm³/mol. The molecule has 0 radical (unpaired) electrons. The number of carbonyl (C=O) groups is 1. The summed E-state index contributed by atoms with van der Waals surface area (Å²) < 4.78 is 0. The first-order valence-corrected chi connectivity index (χ1v) is 5.77. The minimum atomic E-state index is -1.03. The molecule has 1 atom stereocenters. The highest BCUT2D eigenvalue weighted by Crippen LogP contribution is 2.22. The van der Waals surface area contributed by atoms with Crippen LogP contribution in [0.3, 0.4) is 0 Å². The van der Waals surface area contributed by atoms with Gasteiger partial charge in [0.1, 0.15) is 0 Å². The maximum Gasteiger partial charge on any atom is 0.337 e. The van der Waals surface area contributed by atoms with Crippen molar-refractivity contribution in [2.24, 2.45) is 5.92 Å². The van der Waals surface area contributed by atoms with E-state index >= 15 is 0 Å². The summed E-state index contributed by atoms with van der Waals surface area (Å²) in [6.45, 7) is 5.15. The Bertz CT molecular complexity index is 480. The van der Waals surface area contributed by atoms with Crippen molar-refractivity contribution < 1.29 is 9.90 Å². The normalized spacial score (nSPS) is 11.6. The zero-order valence-corrected chi connectivity index (χ0v) is 10.6. The molecule has 96 valence electrons. The SMILES string of the molecule is CCN(CC(C)C#N)c1ccc(C(=O)O)c(N)c1. The Morgan fingerprint density at radius 3 is 2.72 bits per heavy atom. The van der Waals surface area contributed by atoms with Gasteiger partial charge < -0.3 is 15.7 Å². The Hall–Kier alpha value is -2.22. The number of nitrogen functional groups attached to an aromatic ring is 1. The molecular formula is C13H17N3O2. The van der Waals surface area contributed by atoms with E-state index in [1.54, 1.807) is 12.1 Å². The van der Waals surface area contributed by atoms with Crippen LogP contribution < -0.4 is 10.6 Å².